The molecule has 3 aromatic rings. The molecule has 4 rings (SSSR count). The lowest BCUT2D eigenvalue weighted by atomic mass is 9.88. The molecule has 3 heterocycles. The summed E-state index contributed by atoms with van der Waals surface area (Å²) in [5, 5.41) is 13.8. The van der Waals surface area contributed by atoms with E-state index in [0.29, 0.717) is 18.5 Å². The molecular weight excluding hydrogens is 392 g/mol. The minimum absolute atomic E-state index is 0.478. The second-order valence-electron chi connectivity index (χ2n) is 7.74. The van der Waals surface area contributed by atoms with Crippen molar-refractivity contribution in [3.8, 4) is 5.69 Å². The summed E-state index contributed by atoms with van der Waals surface area (Å²) >= 11 is 1.86. The van der Waals surface area contributed by atoms with Crippen LogP contribution in [0, 0.1) is 5.92 Å². The molecule has 2 aromatic heterocycles. The van der Waals surface area contributed by atoms with E-state index in [1.54, 1.807) is 0 Å². The molecule has 2 atom stereocenters. The number of nitrogens with one attached hydrogen (secondary N) is 2. The van der Waals surface area contributed by atoms with Crippen molar-refractivity contribution in [1.29, 1.82) is 0 Å². The van der Waals surface area contributed by atoms with E-state index in [4.69, 9.17) is 0 Å². The van der Waals surface area contributed by atoms with Crippen LogP contribution in [0.1, 0.15) is 29.5 Å². The largest absolute Gasteiger partial charge is 0.356 e. The molecule has 0 bridgehead atoms. The summed E-state index contributed by atoms with van der Waals surface area (Å²) in [5.41, 5.74) is 2.04. The van der Waals surface area contributed by atoms with Crippen molar-refractivity contribution in [3.05, 3.63) is 70.7 Å². The molecule has 2 unspecified atom stereocenters. The van der Waals surface area contributed by atoms with Crippen LogP contribution in [0.3, 0.4) is 0 Å². The van der Waals surface area contributed by atoms with Gasteiger partial charge in [-0.2, -0.15) is 5.10 Å². The van der Waals surface area contributed by atoms with E-state index in [1.807, 2.05) is 53.5 Å². The lowest BCUT2D eigenvalue weighted by Gasteiger charge is -2.39. The Labute approximate surface area is 182 Å². The Kier molecular flexibility index (Phi) is 6.81. The molecule has 0 radical (unpaired) electrons. The van der Waals surface area contributed by atoms with Crippen LogP contribution in [0.25, 0.3) is 5.69 Å². The first-order chi connectivity index (χ1) is 14.7. The van der Waals surface area contributed by atoms with Gasteiger partial charge in [-0.25, -0.2) is 4.68 Å². The number of aromatic nitrogens is 2. The van der Waals surface area contributed by atoms with E-state index in [9.17, 15) is 0 Å². The number of benzene rings is 1. The van der Waals surface area contributed by atoms with Gasteiger partial charge in [0.25, 0.3) is 0 Å². The second-order valence-corrected chi connectivity index (χ2v) is 8.72. The zero-order chi connectivity index (χ0) is 20.8. The monoisotopic (exact) mass is 422 g/mol. The molecule has 0 aliphatic carbocycles. The Morgan fingerprint density at radius 1 is 1.17 bits per heavy atom. The predicted molar refractivity (Wildman–Crippen MR) is 124 cm³/mol. The number of hydrogen-bond acceptors (Lipinski definition) is 4. The maximum Gasteiger partial charge on any atom is 0.191 e. The topological polar surface area (TPSA) is 57.5 Å². The first kappa shape index (κ1) is 20.6. The van der Waals surface area contributed by atoms with Crippen LogP contribution >= 0.6 is 11.3 Å². The minimum Gasteiger partial charge on any atom is -0.356 e. The molecule has 2 N–H and O–H groups in total. The van der Waals surface area contributed by atoms with Crippen molar-refractivity contribution in [2.24, 2.45) is 10.9 Å². The summed E-state index contributed by atoms with van der Waals surface area (Å²) in [6.07, 6.45) is 4.47. The molecule has 0 amide bonds. The Hall–Kier alpha value is -2.64. The van der Waals surface area contributed by atoms with Gasteiger partial charge in [0.05, 0.1) is 17.9 Å². The third kappa shape index (κ3) is 4.91. The fraction of sp³-hybridized carbons (Fsp3) is 0.391. The van der Waals surface area contributed by atoms with Gasteiger partial charge in [-0.05, 0) is 62.0 Å². The van der Waals surface area contributed by atoms with Gasteiger partial charge in [-0.3, -0.25) is 9.89 Å². The number of likely N-dealkylation sites (tertiary alicyclic amines) is 1. The smallest absolute Gasteiger partial charge is 0.191 e. The summed E-state index contributed by atoms with van der Waals surface area (Å²) in [7, 11) is 4.06. The minimum atomic E-state index is 0.478. The number of guanidine groups is 1. The molecule has 1 saturated heterocycles. The molecule has 1 aliphatic rings. The Morgan fingerprint density at radius 2 is 2.03 bits per heavy atom. The van der Waals surface area contributed by atoms with E-state index in [2.05, 4.69) is 62.3 Å². The second kappa shape index (κ2) is 9.91. The summed E-state index contributed by atoms with van der Waals surface area (Å²) in [5.74, 6) is 1.39. The van der Waals surface area contributed by atoms with Crippen LogP contribution in [0.15, 0.2) is 65.1 Å². The third-order valence-electron chi connectivity index (χ3n) is 5.70. The predicted octanol–water partition coefficient (Wildman–Crippen LogP) is 3.68. The van der Waals surface area contributed by atoms with E-state index in [1.165, 1.54) is 17.7 Å². The highest BCUT2D eigenvalue weighted by Gasteiger charge is 2.31. The molecule has 1 fully saturated rings. The number of thiophene rings is 1. The highest BCUT2D eigenvalue weighted by atomic mass is 32.1. The van der Waals surface area contributed by atoms with Crippen LogP contribution < -0.4 is 10.6 Å². The molecule has 1 aliphatic heterocycles. The van der Waals surface area contributed by atoms with E-state index in [0.717, 1.165) is 30.4 Å². The average Bonchev–Trinajstić information content (AvgIpc) is 3.47. The Balaban J connectivity index is 1.32. The molecule has 7 heteroatoms. The quantitative estimate of drug-likeness (QED) is 0.470. The van der Waals surface area contributed by atoms with Gasteiger partial charge in [0, 0.05) is 30.7 Å². The normalized spacial score (nSPS) is 20.3. The van der Waals surface area contributed by atoms with Crippen molar-refractivity contribution in [1.82, 2.24) is 25.3 Å². The van der Waals surface area contributed by atoms with Gasteiger partial charge < -0.3 is 10.6 Å². The summed E-state index contributed by atoms with van der Waals surface area (Å²) in [6, 6.07) is 17.1. The lowest BCUT2D eigenvalue weighted by molar-refractivity contribution is 0.125. The van der Waals surface area contributed by atoms with Crippen molar-refractivity contribution in [3.63, 3.8) is 0 Å². The molecule has 1 aromatic carbocycles. The standard InChI is InChI=1S/C23H30N6S/c1-24-23(26-17-19-12-14-29(27-19)20-9-4-3-5-10-20)25-16-18-8-6-13-28(2)22(18)21-11-7-15-30-21/h3-5,7,9-12,14-15,18,22H,6,8,13,16-17H2,1-2H3,(H2,24,25,26). The average molecular weight is 423 g/mol. The fourth-order valence-electron chi connectivity index (χ4n) is 4.19. The zero-order valence-electron chi connectivity index (χ0n) is 17.7. The summed E-state index contributed by atoms with van der Waals surface area (Å²) in [6.45, 7) is 2.71. The van der Waals surface area contributed by atoms with Crippen LogP contribution in [-0.4, -0.2) is 47.8 Å². The van der Waals surface area contributed by atoms with Crippen LogP contribution in [0.2, 0.25) is 0 Å². The van der Waals surface area contributed by atoms with Gasteiger partial charge in [-0.15, -0.1) is 11.3 Å². The number of aliphatic imine (C=N–C) groups is 1. The highest BCUT2D eigenvalue weighted by molar-refractivity contribution is 7.10. The zero-order valence-corrected chi connectivity index (χ0v) is 18.5. The summed E-state index contributed by atoms with van der Waals surface area (Å²) in [4.78, 5) is 8.36. The number of rotatable bonds is 6. The SMILES string of the molecule is CN=C(NCc1ccn(-c2ccccc2)n1)NCC1CCCN(C)C1c1cccs1. The molecule has 0 spiro atoms. The third-order valence-corrected chi connectivity index (χ3v) is 6.64. The molecular formula is C23H30N6S. The van der Waals surface area contributed by atoms with E-state index >= 15 is 0 Å². The van der Waals surface area contributed by atoms with Gasteiger partial charge in [0.2, 0.25) is 0 Å². The van der Waals surface area contributed by atoms with Crippen molar-refractivity contribution >= 4 is 17.3 Å². The van der Waals surface area contributed by atoms with Crippen LogP contribution in [0.4, 0.5) is 0 Å². The molecule has 6 nitrogen and oxygen atoms in total. The highest BCUT2D eigenvalue weighted by Crippen LogP contribution is 2.36. The lowest BCUT2D eigenvalue weighted by Crippen LogP contribution is -2.44. The van der Waals surface area contributed by atoms with Gasteiger partial charge in [0.1, 0.15) is 0 Å². The number of hydrogen-bond donors (Lipinski definition) is 2. The van der Waals surface area contributed by atoms with Crippen molar-refractivity contribution in [2.45, 2.75) is 25.4 Å². The molecule has 30 heavy (non-hydrogen) atoms. The van der Waals surface area contributed by atoms with E-state index < -0.39 is 0 Å². The summed E-state index contributed by atoms with van der Waals surface area (Å²) < 4.78 is 1.90. The fourth-order valence-corrected chi connectivity index (χ4v) is 5.17. The number of para-hydroxylation sites is 1. The Bertz CT molecular complexity index is 934. The molecule has 158 valence electrons. The first-order valence-electron chi connectivity index (χ1n) is 10.5. The first-order valence-corrected chi connectivity index (χ1v) is 11.4. The maximum absolute atomic E-state index is 4.66. The van der Waals surface area contributed by atoms with Crippen molar-refractivity contribution < 1.29 is 0 Å². The van der Waals surface area contributed by atoms with Crippen LogP contribution in [0.5, 0.6) is 0 Å². The number of nitrogens with zero attached hydrogens (tertiary/aromatic N) is 4. The number of piperidine rings is 1. The van der Waals surface area contributed by atoms with Gasteiger partial charge in [0.15, 0.2) is 5.96 Å². The Morgan fingerprint density at radius 3 is 2.80 bits per heavy atom. The van der Waals surface area contributed by atoms with Gasteiger partial charge >= 0.3 is 0 Å². The van der Waals surface area contributed by atoms with Crippen LogP contribution in [-0.2, 0) is 6.54 Å². The van der Waals surface area contributed by atoms with Gasteiger partial charge in [-0.1, -0.05) is 24.3 Å². The van der Waals surface area contributed by atoms with E-state index in [-0.39, 0.29) is 0 Å². The molecule has 0 saturated carbocycles. The maximum atomic E-state index is 4.66. The van der Waals surface area contributed by atoms with Crippen molar-refractivity contribution in [2.75, 3.05) is 27.2 Å².